The number of carboxylic acids is 1. The summed E-state index contributed by atoms with van der Waals surface area (Å²) in [6.07, 6.45) is 1.61. The molecule has 0 bridgehead atoms. The molecule has 7 nitrogen and oxygen atoms in total. The number of aliphatic hydroxyl groups excluding tert-OH is 1. The highest BCUT2D eigenvalue weighted by Crippen LogP contribution is 2.25. The lowest BCUT2D eigenvalue weighted by atomic mass is 10.1. The first kappa shape index (κ1) is 14.7. The fourth-order valence-corrected chi connectivity index (χ4v) is 3.43. The average Bonchev–Trinajstić information content (AvgIpc) is 3.09. The Balaban J connectivity index is 1.86. The maximum Gasteiger partial charge on any atom is 0.345 e. The number of carbonyl (C=O) groups excluding carboxylic acids is 1. The number of fused-ring (bicyclic) bond motifs is 1. The zero-order valence-corrected chi connectivity index (χ0v) is 12.8. The maximum atomic E-state index is 12.6. The van der Waals surface area contributed by atoms with E-state index in [0.29, 0.717) is 35.6 Å². The molecule has 0 unspecified atom stereocenters. The van der Waals surface area contributed by atoms with Crippen molar-refractivity contribution in [3.8, 4) is 0 Å². The van der Waals surface area contributed by atoms with E-state index < -0.39 is 5.97 Å². The minimum Gasteiger partial charge on any atom is -0.477 e. The van der Waals surface area contributed by atoms with Gasteiger partial charge in [0.25, 0.3) is 5.91 Å². The van der Waals surface area contributed by atoms with Crippen LogP contribution < -0.4 is 0 Å². The van der Waals surface area contributed by atoms with Crippen LogP contribution in [0.5, 0.6) is 0 Å². The van der Waals surface area contributed by atoms with Gasteiger partial charge in [0, 0.05) is 17.0 Å². The van der Waals surface area contributed by atoms with Crippen molar-refractivity contribution >= 4 is 23.2 Å². The van der Waals surface area contributed by atoms with Gasteiger partial charge in [-0.05, 0) is 13.0 Å². The monoisotopic (exact) mass is 321 g/mol. The lowest BCUT2D eigenvalue weighted by Gasteiger charge is -2.28. The van der Waals surface area contributed by atoms with Crippen LogP contribution in [0.1, 0.15) is 36.2 Å². The van der Waals surface area contributed by atoms with Gasteiger partial charge in [0.2, 0.25) is 0 Å². The molecule has 3 rings (SSSR count). The van der Waals surface area contributed by atoms with E-state index in [1.165, 1.54) is 6.07 Å². The van der Waals surface area contributed by atoms with Gasteiger partial charge in [0.05, 0.1) is 37.2 Å². The molecule has 0 spiro atoms. The average molecular weight is 321 g/mol. The largest absolute Gasteiger partial charge is 0.477 e. The summed E-state index contributed by atoms with van der Waals surface area (Å²) in [6, 6.07) is 1.43. The fourth-order valence-electron chi connectivity index (χ4n) is 2.58. The number of thiophene rings is 1. The predicted molar refractivity (Wildman–Crippen MR) is 78.9 cm³/mol. The van der Waals surface area contributed by atoms with Crippen LogP contribution in [-0.2, 0) is 19.7 Å². The third kappa shape index (κ3) is 2.40. The number of carbonyl (C=O) groups is 2. The molecule has 3 heterocycles. The number of amides is 1. The molecule has 1 amide bonds. The summed E-state index contributed by atoms with van der Waals surface area (Å²) in [4.78, 5) is 26.2. The lowest BCUT2D eigenvalue weighted by molar-refractivity contribution is 0.0701. The van der Waals surface area contributed by atoms with Gasteiger partial charge in [-0.1, -0.05) is 0 Å². The molecule has 116 valence electrons. The lowest BCUT2D eigenvalue weighted by Crippen LogP contribution is -2.38. The van der Waals surface area contributed by atoms with E-state index in [1.54, 1.807) is 22.7 Å². The summed E-state index contributed by atoms with van der Waals surface area (Å²) in [7, 11) is 0. The minimum absolute atomic E-state index is 0.113. The highest BCUT2D eigenvalue weighted by molar-refractivity contribution is 7.14. The zero-order chi connectivity index (χ0) is 15.9. The van der Waals surface area contributed by atoms with Crippen LogP contribution in [0.4, 0.5) is 0 Å². The Labute approximate surface area is 130 Å². The number of carboxylic acid groups (broad SMARTS) is 1. The van der Waals surface area contributed by atoms with E-state index in [2.05, 4.69) is 5.10 Å². The van der Waals surface area contributed by atoms with Crippen molar-refractivity contribution < 1.29 is 19.8 Å². The van der Waals surface area contributed by atoms with Crippen LogP contribution in [0.15, 0.2) is 12.3 Å². The minimum atomic E-state index is -1.02. The molecule has 0 atom stereocenters. The van der Waals surface area contributed by atoms with Crippen molar-refractivity contribution in [3.63, 3.8) is 0 Å². The topological polar surface area (TPSA) is 95.7 Å². The molecule has 2 aromatic rings. The van der Waals surface area contributed by atoms with Crippen LogP contribution in [0.25, 0.3) is 0 Å². The second-order valence-electron chi connectivity index (χ2n) is 5.11. The van der Waals surface area contributed by atoms with Crippen molar-refractivity contribution in [2.75, 3.05) is 6.54 Å². The molecule has 1 aliphatic heterocycles. The van der Waals surface area contributed by atoms with E-state index in [-0.39, 0.29) is 17.4 Å². The zero-order valence-electron chi connectivity index (χ0n) is 11.9. The Morgan fingerprint density at radius 1 is 1.41 bits per heavy atom. The predicted octanol–water partition coefficient (Wildman–Crippen LogP) is 1.10. The summed E-state index contributed by atoms with van der Waals surface area (Å²) in [5.41, 5.74) is 1.97. The number of hydrogen-bond acceptors (Lipinski definition) is 5. The number of aromatic nitrogens is 2. The summed E-state index contributed by atoms with van der Waals surface area (Å²) >= 11 is 1.11. The first-order chi connectivity index (χ1) is 10.5. The third-order valence-corrected chi connectivity index (χ3v) is 4.81. The van der Waals surface area contributed by atoms with Gasteiger partial charge < -0.3 is 15.1 Å². The van der Waals surface area contributed by atoms with E-state index in [9.17, 15) is 14.7 Å². The van der Waals surface area contributed by atoms with Crippen molar-refractivity contribution in [1.82, 2.24) is 14.7 Å². The molecular weight excluding hydrogens is 306 g/mol. The summed E-state index contributed by atoms with van der Waals surface area (Å²) in [5, 5.41) is 22.5. The van der Waals surface area contributed by atoms with Gasteiger partial charge in [-0.2, -0.15) is 5.10 Å². The smallest absolute Gasteiger partial charge is 0.345 e. The summed E-state index contributed by atoms with van der Waals surface area (Å²) in [5.74, 6) is -1.20. The fraction of sp³-hybridized carbons (Fsp3) is 0.357. The highest BCUT2D eigenvalue weighted by Gasteiger charge is 2.27. The van der Waals surface area contributed by atoms with Gasteiger partial charge in [-0.15, -0.1) is 11.3 Å². The first-order valence-electron chi connectivity index (χ1n) is 6.78. The van der Waals surface area contributed by atoms with E-state index >= 15 is 0 Å². The summed E-state index contributed by atoms with van der Waals surface area (Å²) in [6.45, 7) is 3.08. The third-order valence-electron chi connectivity index (χ3n) is 3.77. The molecule has 1 aliphatic rings. The van der Waals surface area contributed by atoms with Gasteiger partial charge in [0.1, 0.15) is 4.88 Å². The van der Waals surface area contributed by atoms with Crippen molar-refractivity contribution in [2.24, 2.45) is 0 Å². The Hall–Kier alpha value is -2.19. The van der Waals surface area contributed by atoms with Gasteiger partial charge in [-0.3, -0.25) is 9.48 Å². The number of nitrogens with zero attached hydrogens (tertiary/aromatic N) is 3. The number of rotatable bonds is 3. The number of aryl methyl sites for hydroxylation is 1. The molecule has 0 aliphatic carbocycles. The number of aromatic carboxylic acids is 1. The molecule has 2 N–H and O–H groups in total. The molecule has 0 fully saturated rings. The van der Waals surface area contributed by atoms with Crippen LogP contribution in [0.3, 0.4) is 0 Å². The first-order valence-corrected chi connectivity index (χ1v) is 7.60. The Morgan fingerprint density at radius 2 is 2.18 bits per heavy atom. The van der Waals surface area contributed by atoms with Crippen LogP contribution in [0.2, 0.25) is 0 Å². The Morgan fingerprint density at radius 3 is 2.82 bits per heavy atom. The molecule has 2 aromatic heterocycles. The maximum absolute atomic E-state index is 12.6. The van der Waals surface area contributed by atoms with Gasteiger partial charge in [0.15, 0.2) is 0 Å². The molecule has 0 aromatic carbocycles. The number of hydrogen-bond donors (Lipinski definition) is 2. The van der Waals surface area contributed by atoms with E-state index in [4.69, 9.17) is 5.11 Å². The normalized spacial score (nSPS) is 14.0. The second-order valence-corrected chi connectivity index (χ2v) is 6.37. The number of aliphatic hydroxyl groups is 1. The molecule has 8 heteroatoms. The molecule has 0 radical (unpaired) electrons. The Bertz CT molecular complexity index is 736. The van der Waals surface area contributed by atoms with Gasteiger partial charge >= 0.3 is 5.97 Å². The molecule has 0 saturated heterocycles. The molecule has 0 saturated carbocycles. The quantitative estimate of drug-likeness (QED) is 0.882. The van der Waals surface area contributed by atoms with Crippen LogP contribution >= 0.6 is 11.3 Å². The van der Waals surface area contributed by atoms with Crippen molar-refractivity contribution in [1.29, 1.82) is 0 Å². The van der Waals surface area contributed by atoms with Crippen LogP contribution in [0, 0.1) is 6.92 Å². The standard InChI is InChI=1S/C14H15N3O4S/c1-8-10(4-12(22-8)14(20)21)13(19)16-2-3-17-11(6-16)9(7-18)5-15-17/h4-5,18H,2-3,6-7H2,1H3,(H,20,21). The van der Waals surface area contributed by atoms with Gasteiger partial charge in [-0.25, -0.2) is 4.79 Å². The van der Waals surface area contributed by atoms with Crippen molar-refractivity contribution in [3.05, 3.63) is 38.8 Å². The SMILES string of the molecule is Cc1sc(C(=O)O)cc1C(=O)N1CCn2ncc(CO)c2C1. The highest BCUT2D eigenvalue weighted by atomic mass is 32.1. The van der Waals surface area contributed by atoms with E-state index in [0.717, 1.165) is 17.0 Å². The summed E-state index contributed by atoms with van der Waals surface area (Å²) < 4.78 is 1.79. The van der Waals surface area contributed by atoms with Crippen molar-refractivity contribution in [2.45, 2.75) is 26.6 Å². The Kier molecular flexibility index (Phi) is 3.71. The second kappa shape index (κ2) is 5.54. The van der Waals surface area contributed by atoms with Crippen LogP contribution in [-0.4, -0.2) is 43.3 Å². The molecular formula is C14H15N3O4S. The van der Waals surface area contributed by atoms with E-state index in [1.807, 2.05) is 0 Å². The molecule has 22 heavy (non-hydrogen) atoms.